The molecular formula is C26H33N3O2. The number of aryl methyl sites for hydroxylation is 2. The Kier molecular flexibility index (Phi) is 7.15. The van der Waals surface area contributed by atoms with Crippen molar-refractivity contribution in [3.05, 3.63) is 70.8 Å². The van der Waals surface area contributed by atoms with Crippen molar-refractivity contribution in [2.24, 2.45) is 0 Å². The fourth-order valence-corrected chi connectivity index (χ4v) is 4.59. The predicted octanol–water partition coefficient (Wildman–Crippen LogP) is 3.24. The van der Waals surface area contributed by atoms with Gasteiger partial charge in [0.05, 0.1) is 6.04 Å². The molecule has 2 aliphatic rings. The molecule has 0 spiro atoms. The Bertz CT molecular complexity index is 904. The van der Waals surface area contributed by atoms with Gasteiger partial charge in [0.25, 0.3) is 0 Å². The fraction of sp³-hybridized carbons (Fsp3) is 0.462. The highest BCUT2D eigenvalue weighted by Crippen LogP contribution is 2.23. The number of carbonyl (C=O) groups excluding carboxylic acids is 2. The molecule has 1 amide bonds. The van der Waals surface area contributed by atoms with Gasteiger partial charge in [-0.25, -0.2) is 0 Å². The van der Waals surface area contributed by atoms with Crippen LogP contribution in [0, 0.1) is 0 Å². The summed E-state index contributed by atoms with van der Waals surface area (Å²) in [6, 6.07) is 16.1. The summed E-state index contributed by atoms with van der Waals surface area (Å²) in [5.41, 5.74) is 4.51. The number of amides is 1. The Morgan fingerprint density at radius 3 is 2.45 bits per heavy atom. The Morgan fingerprint density at radius 1 is 0.935 bits per heavy atom. The quantitative estimate of drug-likeness (QED) is 0.668. The van der Waals surface area contributed by atoms with Crippen molar-refractivity contribution in [1.82, 2.24) is 15.1 Å². The van der Waals surface area contributed by atoms with Gasteiger partial charge in [0, 0.05) is 51.1 Å². The first-order valence-electron chi connectivity index (χ1n) is 11.5. The second-order valence-corrected chi connectivity index (χ2v) is 8.89. The highest BCUT2D eigenvalue weighted by atomic mass is 16.2. The van der Waals surface area contributed by atoms with Gasteiger partial charge in [0.2, 0.25) is 5.91 Å². The molecule has 31 heavy (non-hydrogen) atoms. The van der Waals surface area contributed by atoms with E-state index in [0.717, 1.165) is 56.7 Å². The minimum atomic E-state index is -0.0628. The van der Waals surface area contributed by atoms with Gasteiger partial charge in [-0.1, -0.05) is 42.5 Å². The van der Waals surface area contributed by atoms with Crippen molar-refractivity contribution in [3.8, 4) is 0 Å². The molecule has 0 saturated carbocycles. The first-order chi connectivity index (χ1) is 15.1. The summed E-state index contributed by atoms with van der Waals surface area (Å²) >= 11 is 0. The summed E-state index contributed by atoms with van der Waals surface area (Å²) in [6.07, 6.45) is 3.81. The van der Waals surface area contributed by atoms with Crippen LogP contribution in [-0.4, -0.2) is 61.3 Å². The standard InChI is InChI=1S/C26H33N3O2/c1-28-14-16-29(17-15-28)19-24(21-6-3-2-4-7-21)27-26(31)13-12-25(30)23-11-10-20-8-5-9-22(20)18-23/h2-4,6-7,10-11,18,24H,5,8-9,12-17,19H2,1H3,(H,27,31). The largest absolute Gasteiger partial charge is 0.348 e. The van der Waals surface area contributed by atoms with E-state index >= 15 is 0 Å². The van der Waals surface area contributed by atoms with E-state index in [-0.39, 0.29) is 30.6 Å². The summed E-state index contributed by atoms with van der Waals surface area (Å²) in [5, 5.41) is 3.19. The number of hydrogen-bond donors (Lipinski definition) is 1. The summed E-state index contributed by atoms with van der Waals surface area (Å²) in [6.45, 7) is 4.90. The van der Waals surface area contributed by atoms with Gasteiger partial charge in [-0.05, 0) is 49.1 Å². The van der Waals surface area contributed by atoms with Gasteiger partial charge in [-0.2, -0.15) is 0 Å². The average Bonchev–Trinajstić information content (AvgIpc) is 3.27. The lowest BCUT2D eigenvalue weighted by Crippen LogP contribution is -2.47. The number of Topliss-reactive ketones (excluding diaryl/α,β-unsaturated/α-hetero) is 1. The molecule has 4 rings (SSSR count). The topological polar surface area (TPSA) is 52.6 Å². The van der Waals surface area contributed by atoms with Crippen LogP contribution in [0.25, 0.3) is 0 Å². The van der Waals surface area contributed by atoms with Crippen LogP contribution in [0.3, 0.4) is 0 Å². The number of carbonyl (C=O) groups is 2. The van der Waals surface area contributed by atoms with Crippen LogP contribution < -0.4 is 5.32 Å². The summed E-state index contributed by atoms with van der Waals surface area (Å²) in [4.78, 5) is 30.2. The third-order valence-electron chi connectivity index (χ3n) is 6.57. The number of benzene rings is 2. The van der Waals surface area contributed by atoms with E-state index in [1.54, 1.807) is 0 Å². The Balaban J connectivity index is 1.34. The molecule has 1 unspecified atom stereocenters. The van der Waals surface area contributed by atoms with Crippen molar-refractivity contribution in [1.29, 1.82) is 0 Å². The molecule has 0 bridgehead atoms. The minimum Gasteiger partial charge on any atom is -0.348 e. The highest BCUT2D eigenvalue weighted by Gasteiger charge is 2.22. The molecule has 1 heterocycles. The zero-order valence-corrected chi connectivity index (χ0v) is 18.5. The van der Waals surface area contributed by atoms with Crippen LogP contribution >= 0.6 is 0 Å². The third-order valence-corrected chi connectivity index (χ3v) is 6.57. The van der Waals surface area contributed by atoms with Crippen LogP contribution in [0.1, 0.15) is 52.4 Å². The lowest BCUT2D eigenvalue weighted by atomic mass is 10.0. The minimum absolute atomic E-state index is 0.0557. The number of piperazine rings is 1. The van der Waals surface area contributed by atoms with Crippen LogP contribution in [0.2, 0.25) is 0 Å². The Morgan fingerprint density at radius 2 is 1.68 bits per heavy atom. The molecule has 1 atom stereocenters. The molecule has 5 nitrogen and oxygen atoms in total. The highest BCUT2D eigenvalue weighted by molar-refractivity contribution is 5.98. The average molecular weight is 420 g/mol. The SMILES string of the molecule is CN1CCN(CC(NC(=O)CCC(=O)c2ccc3c(c2)CCC3)c2ccccc2)CC1. The molecule has 0 aromatic heterocycles. The Labute approximate surface area is 185 Å². The molecule has 1 N–H and O–H groups in total. The van der Waals surface area contributed by atoms with Crippen molar-refractivity contribution >= 4 is 11.7 Å². The van der Waals surface area contributed by atoms with E-state index in [2.05, 4.69) is 40.4 Å². The zero-order valence-electron chi connectivity index (χ0n) is 18.5. The van der Waals surface area contributed by atoms with Gasteiger partial charge in [-0.3, -0.25) is 14.5 Å². The number of hydrogen-bond acceptors (Lipinski definition) is 4. The number of likely N-dealkylation sites (N-methyl/N-ethyl adjacent to an activating group) is 1. The predicted molar refractivity (Wildman–Crippen MR) is 123 cm³/mol. The van der Waals surface area contributed by atoms with Crippen LogP contribution in [0.4, 0.5) is 0 Å². The van der Waals surface area contributed by atoms with Crippen molar-refractivity contribution in [2.75, 3.05) is 39.8 Å². The Hall–Kier alpha value is -2.50. The normalized spacial score (nSPS) is 17.8. The number of nitrogens with zero attached hydrogens (tertiary/aromatic N) is 2. The maximum Gasteiger partial charge on any atom is 0.220 e. The molecular weight excluding hydrogens is 386 g/mol. The molecule has 2 aromatic carbocycles. The number of ketones is 1. The van der Waals surface area contributed by atoms with Crippen molar-refractivity contribution < 1.29 is 9.59 Å². The van der Waals surface area contributed by atoms with E-state index in [0.29, 0.717) is 0 Å². The van der Waals surface area contributed by atoms with E-state index in [1.807, 2.05) is 30.3 Å². The van der Waals surface area contributed by atoms with E-state index in [9.17, 15) is 9.59 Å². The van der Waals surface area contributed by atoms with Crippen LogP contribution in [0.15, 0.2) is 48.5 Å². The fourth-order valence-electron chi connectivity index (χ4n) is 4.59. The lowest BCUT2D eigenvalue weighted by Gasteiger charge is -2.35. The van der Waals surface area contributed by atoms with Crippen molar-refractivity contribution in [3.63, 3.8) is 0 Å². The summed E-state index contributed by atoms with van der Waals surface area (Å²) < 4.78 is 0. The molecule has 1 aliphatic carbocycles. The van der Waals surface area contributed by atoms with Crippen LogP contribution in [0.5, 0.6) is 0 Å². The van der Waals surface area contributed by atoms with Gasteiger partial charge < -0.3 is 10.2 Å². The number of fused-ring (bicyclic) bond motifs is 1. The van der Waals surface area contributed by atoms with E-state index < -0.39 is 0 Å². The summed E-state index contributed by atoms with van der Waals surface area (Å²) in [7, 11) is 2.14. The molecule has 1 aliphatic heterocycles. The second-order valence-electron chi connectivity index (χ2n) is 8.89. The lowest BCUT2D eigenvalue weighted by molar-refractivity contribution is -0.122. The van der Waals surface area contributed by atoms with Gasteiger partial charge >= 0.3 is 0 Å². The molecule has 1 fully saturated rings. The monoisotopic (exact) mass is 419 g/mol. The van der Waals surface area contributed by atoms with E-state index in [1.165, 1.54) is 17.5 Å². The molecule has 1 saturated heterocycles. The first kappa shape index (κ1) is 21.7. The molecule has 2 aromatic rings. The molecule has 0 radical (unpaired) electrons. The van der Waals surface area contributed by atoms with Gasteiger partial charge in [-0.15, -0.1) is 0 Å². The van der Waals surface area contributed by atoms with Gasteiger partial charge in [0.15, 0.2) is 5.78 Å². The number of nitrogens with one attached hydrogen (secondary N) is 1. The van der Waals surface area contributed by atoms with Crippen molar-refractivity contribution in [2.45, 2.75) is 38.1 Å². The first-order valence-corrected chi connectivity index (χ1v) is 11.5. The smallest absolute Gasteiger partial charge is 0.220 e. The molecule has 5 heteroatoms. The number of rotatable bonds is 8. The van der Waals surface area contributed by atoms with Crippen LogP contribution in [-0.2, 0) is 17.6 Å². The zero-order chi connectivity index (χ0) is 21.6. The summed E-state index contributed by atoms with van der Waals surface area (Å²) in [5.74, 6) is -0.00216. The maximum absolute atomic E-state index is 12.8. The van der Waals surface area contributed by atoms with E-state index in [4.69, 9.17) is 0 Å². The molecule has 164 valence electrons. The van der Waals surface area contributed by atoms with Gasteiger partial charge in [0.1, 0.15) is 0 Å². The third kappa shape index (κ3) is 5.81. The second kappa shape index (κ2) is 10.2. The maximum atomic E-state index is 12.8.